The topological polar surface area (TPSA) is 0 Å². The second-order valence-electron chi connectivity index (χ2n) is 0.204. The molecule has 0 heterocycles. The van der Waals surface area contributed by atoms with Crippen LogP contribution in [-0.2, 0) is 0 Å². The Morgan fingerprint density at radius 1 is 1.17 bits per heavy atom. The van der Waals surface area contributed by atoms with E-state index in [1.165, 1.54) is 0 Å². The minimum absolute atomic E-state index is 0. The fraction of sp³-hybridized carbons (Fsp3) is 0. The first-order valence-electron chi connectivity index (χ1n) is 0.697. The van der Waals surface area contributed by atoms with Crippen molar-refractivity contribution in [3.8, 4) is 0 Å². The Kier molecular flexibility index (Phi) is 160. The van der Waals surface area contributed by atoms with Crippen molar-refractivity contribution < 1.29 is 37.2 Å². The Morgan fingerprint density at radius 2 is 1.17 bits per heavy atom. The zero-order chi connectivity index (χ0) is 2.71. The Labute approximate surface area is 65.2 Å². The van der Waals surface area contributed by atoms with Gasteiger partial charge in [-0.2, -0.15) is 0 Å². The molecule has 6 heavy (non-hydrogen) atoms. The monoisotopic (exact) mass is 206 g/mol. The van der Waals surface area contributed by atoms with Crippen molar-refractivity contribution in [2.75, 3.05) is 0 Å². The summed E-state index contributed by atoms with van der Waals surface area (Å²) in [5.74, 6) is 0. The van der Waals surface area contributed by atoms with E-state index in [1.807, 2.05) is 16.5 Å². The first-order valence-corrected chi connectivity index (χ1v) is 1.91. The van der Waals surface area contributed by atoms with Gasteiger partial charge < -0.3 is 37.2 Å². The SMILES string of the molecule is C=[CH][Ge+3].[Cl-].[Cl-].[Cl-]. The van der Waals surface area contributed by atoms with Crippen LogP contribution >= 0.6 is 0 Å². The van der Waals surface area contributed by atoms with E-state index in [1.54, 1.807) is 4.91 Å². The van der Waals surface area contributed by atoms with Gasteiger partial charge in [-0.15, -0.1) is 0 Å². The van der Waals surface area contributed by atoms with Crippen molar-refractivity contribution in [3.63, 3.8) is 0 Å². The van der Waals surface area contributed by atoms with E-state index >= 15 is 0 Å². The Morgan fingerprint density at radius 3 is 1.17 bits per heavy atom. The summed E-state index contributed by atoms with van der Waals surface area (Å²) in [6, 6.07) is 0. The van der Waals surface area contributed by atoms with E-state index in [9.17, 15) is 0 Å². The van der Waals surface area contributed by atoms with E-state index in [-0.39, 0.29) is 37.2 Å². The average Bonchev–Trinajstić information content (AvgIpc) is 0.918. The quantitative estimate of drug-likeness (QED) is 0.345. The van der Waals surface area contributed by atoms with Crippen LogP contribution in [0.25, 0.3) is 0 Å². The molecule has 0 aliphatic heterocycles. The summed E-state index contributed by atoms with van der Waals surface area (Å²) in [4.78, 5) is 1.75. The van der Waals surface area contributed by atoms with Crippen molar-refractivity contribution in [3.05, 3.63) is 11.5 Å². The van der Waals surface area contributed by atoms with E-state index in [0.29, 0.717) is 0 Å². The van der Waals surface area contributed by atoms with Crippen molar-refractivity contribution in [1.29, 1.82) is 0 Å². The van der Waals surface area contributed by atoms with Crippen LogP contribution in [0.3, 0.4) is 0 Å². The van der Waals surface area contributed by atoms with Crippen molar-refractivity contribution in [2.24, 2.45) is 0 Å². The minimum atomic E-state index is 0. The first-order chi connectivity index (χ1) is 1.41. The standard InChI is InChI=1S/C2H3Ge.3ClH/c1-2-3;;;/h2H,1H2;3*1H/q+3;;;/p-3. The van der Waals surface area contributed by atoms with Crippen molar-refractivity contribution in [2.45, 2.75) is 0 Å². The van der Waals surface area contributed by atoms with Crippen molar-refractivity contribution >= 4 is 16.5 Å². The maximum Gasteiger partial charge on any atom is -1.00 e. The molecule has 0 aliphatic carbocycles. The summed E-state index contributed by atoms with van der Waals surface area (Å²) < 4.78 is 0. The van der Waals surface area contributed by atoms with Gasteiger partial charge in [0.25, 0.3) is 0 Å². The molecular formula is C2H3Cl3Ge. The molecule has 0 fully saturated rings. The molecular weight excluding hydrogens is 203 g/mol. The Balaban J connectivity index is -0.00000000667. The predicted molar refractivity (Wildman–Crippen MR) is 16.0 cm³/mol. The van der Waals surface area contributed by atoms with Gasteiger partial charge in [0.05, 0.1) is 0 Å². The number of rotatable bonds is 0. The van der Waals surface area contributed by atoms with Gasteiger partial charge in [-0.3, -0.25) is 0 Å². The van der Waals surface area contributed by atoms with E-state index in [2.05, 4.69) is 6.58 Å². The molecule has 0 saturated carbocycles. The van der Waals surface area contributed by atoms with E-state index < -0.39 is 0 Å². The zero-order valence-corrected chi connectivity index (χ0v) is 7.28. The van der Waals surface area contributed by atoms with Gasteiger partial charge in [-0.1, -0.05) is 0 Å². The summed E-state index contributed by atoms with van der Waals surface area (Å²) in [5, 5.41) is 0. The molecule has 4 heteroatoms. The molecule has 0 N–H and O–H groups in total. The molecule has 0 aliphatic rings. The normalized spacial score (nSPS) is 2.33. The molecule has 0 saturated heterocycles. The molecule has 0 amide bonds. The van der Waals surface area contributed by atoms with Crippen LogP contribution in [0.4, 0.5) is 0 Å². The van der Waals surface area contributed by atoms with Crippen LogP contribution in [-0.4, -0.2) is 16.5 Å². The molecule has 0 bridgehead atoms. The predicted octanol–water partition coefficient (Wildman–Crippen LogP) is -8.69. The van der Waals surface area contributed by atoms with Gasteiger partial charge in [-0.05, 0) is 0 Å². The molecule has 0 aromatic heterocycles. The zero-order valence-electron chi connectivity index (χ0n) is 2.92. The number of hydrogen-bond donors (Lipinski definition) is 0. The third-order valence-corrected chi connectivity index (χ3v) is 0. The molecule has 36 valence electrons. The molecule has 0 aromatic rings. The summed E-state index contributed by atoms with van der Waals surface area (Å²) >= 11 is 1.89. The van der Waals surface area contributed by atoms with Gasteiger partial charge in [0, 0.05) is 0 Å². The molecule has 0 atom stereocenters. The average molecular weight is 206 g/mol. The van der Waals surface area contributed by atoms with Gasteiger partial charge in [0.2, 0.25) is 0 Å². The third kappa shape index (κ3) is 66.9. The molecule has 0 aromatic carbocycles. The second kappa shape index (κ2) is 35.2. The minimum Gasteiger partial charge on any atom is -1.00 e. The summed E-state index contributed by atoms with van der Waals surface area (Å²) in [6.45, 7) is 3.36. The largest absolute Gasteiger partial charge is 1.00 e. The fourth-order valence-electron chi connectivity index (χ4n) is 0. The molecule has 0 spiro atoms. The summed E-state index contributed by atoms with van der Waals surface area (Å²) in [7, 11) is 0. The fourth-order valence-corrected chi connectivity index (χ4v) is 0. The van der Waals surface area contributed by atoms with E-state index in [4.69, 9.17) is 0 Å². The first kappa shape index (κ1) is 27.2. The maximum absolute atomic E-state index is 3.36. The number of halogens is 3. The van der Waals surface area contributed by atoms with Gasteiger partial charge in [0.1, 0.15) is 0 Å². The van der Waals surface area contributed by atoms with Crippen molar-refractivity contribution in [1.82, 2.24) is 0 Å². The smallest absolute Gasteiger partial charge is 1.00 e. The third-order valence-electron chi connectivity index (χ3n) is 0. The van der Waals surface area contributed by atoms with Crippen LogP contribution in [0.15, 0.2) is 11.5 Å². The van der Waals surface area contributed by atoms with Crippen LogP contribution < -0.4 is 37.2 Å². The molecule has 0 radical (unpaired) electrons. The van der Waals surface area contributed by atoms with Gasteiger partial charge >= 0.3 is 28.0 Å². The number of hydrogen-bond acceptors (Lipinski definition) is 0. The van der Waals surface area contributed by atoms with Gasteiger partial charge in [-0.25, -0.2) is 0 Å². The molecule has 0 nitrogen and oxygen atoms in total. The Bertz CT molecular complexity index is 16.3. The maximum atomic E-state index is 3.36. The van der Waals surface area contributed by atoms with Gasteiger partial charge in [0.15, 0.2) is 0 Å². The van der Waals surface area contributed by atoms with Crippen LogP contribution in [0.1, 0.15) is 0 Å². The summed E-state index contributed by atoms with van der Waals surface area (Å²) in [5.41, 5.74) is 0. The summed E-state index contributed by atoms with van der Waals surface area (Å²) in [6.07, 6.45) is 0. The second-order valence-corrected chi connectivity index (χ2v) is 1.06. The molecule has 0 unspecified atom stereocenters. The Hall–Kier alpha value is 1.15. The van der Waals surface area contributed by atoms with E-state index in [0.717, 1.165) is 0 Å². The van der Waals surface area contributed by atoms with Crippen LogP contribution in [0, 0.1) is 0 Å². The molecule has 0 rings (SSSR count). The van der Waals surface area contributed by atoms with Crippen LogP contribution in [0.5, 0.6) is 0 Å². The van der Waals surface area contributed by atoms with Crippen LogP contribution in [0.2, 0.25) is 0 Å².